The zero-order valence-electron chi connectivity index (χ0n) is 36.5. The Hall–Kier alpha value is -6.12. The Balaban J connectivity index is 0.000000178. The van der Waals surface area contributed by atoms with E-state index in [1.807, 2.05) is 41.3 Å². The molecular formula is C55H54Cl2N4O3. The minimum Gasteiger partial charge on any atom is -0.492 e. The summed E-state index contributed by atoms with van der Waals surface area (Å²) in [6.07, 6.45) is 9.01. The Labute approximate surface area is 386 Å². The van der Waals surface area contributed by atoms with Gasteiger partial charge in [0.2, 0.25) is 0 Å². The number of hydrogen-bond acceptors (Lipinski definition) is 5. The highest BCUT2D eigenvalue weighted by atomic mass is 35.5. The topological polar surface area (TPSA) is 74.2 Å². The maximum Gasteiger partial charge on any atom is 0.150 e. The summed E-state index contributed by atoms with van der Waals surface area (Å²) in [6, 6.07) is 50.9. The monoisotopic (exact) mass is 888 g/mol. The van der Waals surface area contributed by atoms with E-state index in [4.69, 9.17) is 42.5 Å². The first-order chi connectivity index (χ1) is 31.6. The number of halogens is 2. The fourth-order valence-corrected chi connectivity index (χ4v) is 8.72. The van der Waals surface area contributed by atoms with Crippen molar-refractivity contribution in [1.82, 2.24) is 20.0 Å². The molecule has 0 amide bonds. The van der Waals surface area contributed by atoms with Crippen LogP contribution < -0.4 is 9.47 Å². The number of nitrogens with one attached hydrogen (secondary N) is 1. The molecule has 326 valence electrons. The highest BCUT2D eigenvalue weighted by molar-refractivity contribution is 6.18. The lowest BCUT2D eigenvalue weighted by atomic mass is 9.88. The predicted molar refractivity (Wildman–Crippen MR) is 265 cm³/mol. The van der Waals surface area contributed by atoms with E-state index in [9.17, 15) is 0 Å². The minimum atomic E-state index is 0.0261. The van der Waals surface area contributed by atoms with E-state index in [0.717, 1.165) is 76.7 Å². The van der Waals surface area contributed by atoms with Crippen molar-refractivity contribution in [2.24, 2.45) is 0 Å². The molecule has 0 saturated carbocycles. The molecule has 0 aliphatic carbocycles. The van der Waals surface area contributed by atoms with Crippen molar-refractivity contribution in [3.8, 4) is 11.5 Å². The van der Waals surface area contributed by atoms with Crippen LogP contribution in [0, 0.1) is 0 Å². The second-order valence-corrected chi connectivity index (χ2v) is 16.4. The van der Waals surface area contributed by atoms with Crippen LogP contribution in [0.3, 0.4) is 0 Å². The first-order valence-electron chi connectivity index (χ1n) is 22.3. The van der Waals surface area contributed by atoms with Gasteiger partial charge in [0.1, 0.15) is 24.7 Å². The van der Waals surface area contributed by atoms with Crippen molar-refractivity contribution in [3.05, 3.63) is 191 Å². The average Bonchev–Trinajstić information content (AvgIpc) is 4.02. The smallest absolute Gasteiger partial charge is 0.150 e. The minimum absolute atomic E-state index is 0.0261. The third-order valence-corrected chi connectivity index (χ3v) is 11.9. The van der Waals surface area contributed by atoms with Crippen molar-refractivity contribution < 1.29 is 14.2 Å². The second kappa shape index (κ2) is 22.0. The molecule has 0 radical (unpaired) electrons. The van der Waals surface area contributed by atoms with Gasteiger partial charge in [-0.1, -0.05) is 111 Å². The number of aromatic amines is 1. The van der Waals surface area contributed by atoms with Gasteiger partial charge < -0.3 is 14.2 Å². The number of ether oxygens (including phenoxy) is 3. The summed E-state index contributed by atoms with van der Waals surface area (Å²) in [5.41, 5.74) is 14.4. The maximum absolute atomic E-state index is 6.00. The van der Waals surface area contributed by atoms with E-state index in [0.29, 0.717) is 25.0 Å². The molecule has 9 heteroatoms. The predicted octanol–water partition coefficient (Wildman–Crippen LogP) is 14.3. The van der Waals surface area contributed by atoms with Gasteiger partial charge in [-0.25, -0.2) is 4.68 Å². The lowest BCUT2D eigenvalue weighted by Gasteiger charge is -2.23. The number of H-pyrrole nitrogens is 1. The van der Waals surface area contributed by atoms with E-state index in [1.54, 1.807) is 0 Å². The molecule has 64 heavy (non-hydrogen) atoms. The van der Waals surface area contributed by atoms with Gasteiger partial charge in [0.25, 0.3) is 0 Å². The lowest BCUT2D eigenvalue weighted by molar-refractivity contribution is -0.0366. The standard InChI is InChI=1S/C30H31ClN2O2.C25H23ClN2O/c1-2-27(22-8-4-3-5-9-22)30(23-11-14-26(15-12-23)34-19-17-31)24-13-16-28-25(20-24)21-32-33(28)29-10-6-7-18-35-29;1-2-23(18-6-4-3-5-7-18)25(19-8-11-22(12-9-19)29-15-14-26)20-10-13-24-21(16-20)17-27-28-24/h3-5,8-9,11-16,20-21,29H,2,6-7,10,17-19H2,1H3;3-13,16-17H,2,14-15H2,1H3,(H,27,28)/b30-27+;25-23+. The number of aromatic nitrogens is 4. The van der Waals surface area contributed by atoms with Crippen LogP contribution in [0.5, 0.6) is 11.5 Å². The van der Waals surface area contributed by atoms with Crippen LogP contribution in [0.2, 0.25) is 0 Å². The van der Waals surface area contributed by atoms with Crippen LogP contribution in [0.15, 0.2) is 158 Å². The SMILES string of the molecule is CC/C(=C(/c1ccc(OCCCl)cc1)c1ccc2[nH]ncc2c1)c1ccccc1.CC/C(=C(/c1ccc(OCCCl)cc1)c1ccc2c(cnn2C2CCCCO2)c1)c1ccccc1. The number of fused-ring (bicyclic) bond motifs is 2. The Bertz CT molecular complexity index is 2790. The normalized spacial score (nSPS) is 14.7. The van der Waals surface area contributed by atoms with E-state index in [-0.39, 0.29) is 6.23 Å². The Morgan fingerprint density at radius 3 is 1.66 bits per heavy atom. The average molecular weight is 890 g/mol. The number of allylic oxidation sites excluding steroid dienone is 2. The van der Waals surface area contributed by atoms with Gasteiger partial charge in [-0.15, -0.1) is 23.2 Å². The Morgan fingerprint density at radius 2 is 1.14 bits per heavy atom. The molecule has 1 saturated heterocycles. The summed E-state index contributed by atoms with van der Waals surface area (Å²) >= 11 is 11.5. The number of benzene rings is 6. The van der Waals surface area contributed by atoms with Crippen LogP contribution in [0.4, 0.5) is 0 Å². The largest absolute Gasteiger partial charge is 0.492 e. The molecule has 1 unspecified atom stereocenters. The molecule has 1 aliphatic rings. The number of rotatable bonds is 15. The summed E-state index contributed by atoms with van der Waals surface area (Å²) in [5, 5.41) is 14.1. The van der Waals surface area contributed by atoms with Gasteiger partial charge in [0.05, 0.1) is 35.2 Å². The number of hydrogen-bond donors (Lipinski definition) is 1. The molecule has 1 atom stereocenters. The molecule has 0 bridgehead atoms. The van der Waals surface area contributed by atoms with Crippen LogP contribution in [0.1, 0.15) is 85.6 Å². The van der Waals surface area contributed by atoms with Gasteiger partial charge >= 0.3 is 0 Å². The van der Waals surface area contributed by atoms with Gasteiger partial charge in [0, 0.05) is 17.4 Å². The molecule has 3 heterocycles. The van der Waals surface area contributed by atoms with E-state index in [2.05, 4.69) is 145 Å². The molecule has 0 spiro atoms. The summed E-state index contributed by atoms with van der Waals surface area (Å²) < 4.78 is 19.4. The van der Waals surface area contributed by atoms with E-state index < -0.39 is 0 Å². The van der Waals surface area contributed by atoms with Crippen molar-refractivity contribution in [2.45, 2.75) is 52.2 Å². The van der Waals surface area contributed by atoms with E-state index in [1.165, 1.54) is 51.0 Å². The highest BCUT2D eigenvalue weighted by Crippen LogP contribution is 2.38. The maximum atomic E-state index is 6.00. The van der Waals surface area contributed by atoms with Crippen LogP contribution in [-0.2, 0) is 4.74 Å². The third-order valence-electron chi connectivity index (χ3n) is 11.6. The number of nitrogens with zero attached hydrogens (tertiary/aromatic N) is 3. The molecular weight excluding hydrogens is 836 g/mol. The first-order valence-corrected chi connectivity index (χ1v) is 23.3. The highest BCUT2D eigenvalue weighted by Gasteiger charge is 2.20. The lowest BCUT2D eigenvalue weighted by Crippen LogP contribution is -2.18. The van der Waals surface area contributed by atoms with Crippen molar-refractivity contribution in [2.75, 3.05) is 31.6 Å². The summed E-state index contributed by atoms with van der Waals surface area (Å²) in [5.74, 6) is 2.61. The third kappa shape index (κ3) is 10.5. The zero-order chi connectivity index (χ0) is 44.1. The van der Waals surface area contributed by atoms with Gasteiger partial charge in [0.15, 0.2) is 6.23 Å². The van der Waals surface area contributed by atoms with Crippen molar-refractivity contribution in [1.29, 1.82) is 0 Å². The van der Waals surface area contributed by atoms with Gasteiger partial charge in [-0.2, -0.15) is 10.2 Å². The fourth-order valence-electron chi connectivity index (χ4n) is 8.56. The molecule has 1 aliphatic heterocycles. The second-order valence-electron chi connectivity index (χ2n) is 15.6. The number of alkyl halides is 2. The van der Waals surface area contributed by atoms with Crippen molar-refractivity contribution in [3.63, 3.8) is 0 Å². The molecule has 2 aromatic heterocycles. The summed E-state index contributed by atoms with van der Waals surface area (Å²) in [7, 11) is 0. The van der Waals surface area contributed by atoms with Crippen LogP contribution in [-0.4, -0.2) is 51.6 Å². The van der Waals surface area contributed by atoms with Gasteiger partial charge in [-0.3, -0.25) is 5.10 Å². The molecule has 9 rings (SSSR count). The fraction of sp³-hybridized carbons (Fsp3) is 0.236. The first kappa shape index (κ1) is 44.5. The summed E-state index contributed by atoms with van der Waals surface area (Å²) in [4.78, 5) is 0. The zero-order valence-corrected chi connectivity index (χ0v) is 38.0. The van der Waals surface area contributed by atoms with E-state index >= 15 is 0 Å². The molecule has 8 aromatic rings. The quantitative estimate of drug-likeness (QED) is 0.0820. The molecule has 1 N–H and O–H groups in total. The van der Waals surface area contributed by atoms with Gasteiger partial charge in [-0.05, 0) is 136 Å². The molecule has 1 fully saturated rings. The van der Waals surface area contributed by atoms with Crippen LogP contribution >= 0.6 is 23.2 Å². The Kier molecular flexibility index (Phi) is 15.3. The molecule has 7 nitrogen and oxygen atoms in total. The summed E-state index contributed by atoms with van der Waals surface area (Å²) in [6.45, 7) is 6.23. The van der Waals surface area contributed by atoms with Crippen molar-refractivity contribution >= 4 is 67.3 Å². The molecule has 6 aromatic carbocycles. The van der Waals surface area contributed by atoms with Crippen LogP contribution in [0.25, 0.3) is 44.1 Å². The Morgan fingerprint density at radius 1 is 0.609 bits per heavy atom.